The van der Waals surface area contributed by atoms with Gasteiger partial charge in [-0.15, -0.1) is 0 Å². The maximum absolute atomic E-state index is 10.5. The fourth-order valence-electron chi connectivity index (χ4n) is 6.52. The van der Waals surface area contributed by atoms with Gasteiger partial charge in [0.2, 0.25) is 0 Å². The van der Waals surface area contributed by atoms with Crippen LogP contribution in [0.25, 0.3) is 0 Å². The van der Waals surface area contributed by atoms with Crippen molar-refractivity contribution in [1.29, 1.82) is 0 Å². The quantitative estimate of drug-likeness (QED) is 0.812. The van der Waals surface area contributed by atoms with Gasteiger partial charge in [-0.25, -0.2) is 0 Å². The molecule has 136 valence electrons. The molecule has 2 heteroatoms. The zero-order valence-corrected chi connectivity index (χ0v) is 15.6. The molecule has 1 saturated heterocycles. The van der Waals surface area contributed by atoms with Gasteiger partial charge in [-0.1, -0.05) is 19.1 Å². The molecule has 1 heterocycles. The molecule has 0 amide bonds. The molecule has 1 saturated carbocycles. The number of ether oxygens (including phenoxy) is 1. The van der Waals surface area contributed by atoms with Crippen LogP contribution in [0.4, 0.5) is 0 Å². The highest BCUT2D eigenvalue weighted by molar-refractivity contribution is 5.47. The SMILES string of the molecule is CC12CCc3c(ccc4c3CC[C@@H](C3CCCCO3)C4)C1CC[C@H]2O. The lowest BCUT2D eigenvalue weighted by Gasteiger charge is -2.42. The van der Waals surface area contributed by atoms with Gasteiger partial charge in [0.15, 0.2) is 0 Å². The monoisotopic (exact) mass is 340 g/mol. The molecule has 0 radical (unpaired) electrons. The summed E-state index contributed by atoms with van der Waals surface area (Å²) in [5.74, 6) is 1.31. The van der Waals surface area contributed by atoms with Gasteiger partial charge in [-0.05, 0) is 98.3 Å². The zero-order chi connectivity index (χ0) is 17.0. The average molecular weight is 341 g/mol. The van der Waals surface area contributed by atoms with Crippen LogP contribution in [0.1, 0.15) is 80.0 Å². The van der Waals surface area contributed by atoms with Crippen LogP contribution >= 0.6 is 0 Å². The highest BCUT2D eigenvalue weighted by atomic mass is 16.5. The van der Waals surface area contributed by atoms with Crippen LogP contribution in [0.5, 0.6) is 0 Å². The van der Waals surface area contributed by atoms with E-state index in [-0.39, 0.29) is 11.5 Å². The Bertz CT molecular complexity index is 660. The molecule has 1 N–H and O–H groups in total. The molecule has 3 unspecified atom stereocenters. The highest BCUT2D eigenvalue weighted by Gasteiger charge is 2.49. The maximum Gasteiger partial charge on any atom is 0.0606 e. The summed E-state index contributed by atoms with van der Waals surface area (Å²) < 4.78 is 6.10. The number of hydrogen-bond donors (Lipinski definition) is 1. The van der Waals surface area contributed by atoms with E-state index in [9.17, 15) is 5.11 Å². The van der Waals surface area contributed by atoms with Gasteiger partial charge >= 0.3 is 0 Å². The Labute approximate surface area is 152 Å². The molecule has 2 nitrogen and oxygen atoms in total. The van der Waals surface area contributed by atoms with Crippen molar-refractivity contribution in [3.8, 4) is 0 Å². The van der Waals surface area contributed by atoms with Crippen molar-refractivity contribution < 1.29 is 9.84 Å². The molecule has 1 aromatic carbocycles. The second kappa shape index (κ2) is 6.09. The molecular formula is C23H32O2. The Kier molecular flexibility index (Phi) is 3.98. The summed E-state index contributed by atoms with van der Waals surface area (Å²) in [6.07, 6.45) is 12.5. The van der Waals surface area contributed by atoms with Crippen molar-refractivity contribution in [2.24, 2.45) is 11.3 Å². The van der Waals surface area contributed by atoms with Crippen LogP contribution in [0.2, 0.25) is 0 Å². The van der Waals surface area contributed by atoms with Crippen LogP contribution in [0, 0.1) is 11.3 Å². The van der Waals surface area contributed by atoms with Crippen LogP contribution in [0.3, 0.4) is 0 Å². The van der Waals surface area contributed by atoms with Crippen molar-refractivity contribution in [3.63, 3.8) is 0 Å². The van der Waals surface area contributed by atoms with E-state index in [1.807, 2.05) is 0 Å². The lowest BCUT2D eigenvalue weighted by atomic mass is 9.64. The average Bonchev–Trinajstić information content (AvgIpc) is 2.97. The molecule has 4 aliphatic rings. The van der Waals surface area contributed by atoms with Crippen molar-refractivity contribution in [2.45, 2.75) is 89.3 Å². The second-order valence-corrected chi connectivity index (χ2v) is 9.33. The Morgan fingerprint density at radius 2 is 1.96 bits per heavy atom. The Hall–Kier alpha value is -0.860. The lowest BCUT2D eigenvalue weighted by molar-refractivity contribution is -0.0244. The predicted molar refractivity (Wildman–Crippen MR) is 100.0 cm³/mol. The van der Waals surface area contributed by atoms with Crippen molar-refractivity contribution in [2.75, 3.05) is 6.61 Å². The smallest absolute Gasteiger partial charge is 0.0606 e. The first kappa shape index (κ1) is 16.3. The molecule has 25 heavy (non-hydrogen) atoms. The molecule has 0 bridgehead atoms. The van der Waals surface area contributed by atoms with E-state index in [0.29, 0.717) is 12.0 Å². The first-order valence-electron chi connectivity index (χ1n) is 10.6. The second-order valence-electron chi connectivity index (χ2n) is 9.33. The minimum Gasteiger partial charge on any atom is -0.393 e. The maximum atomic E-state index is 10.5. The number of rotatable bonds is 1. The van der Waals surface area contributed by atoms with E-state index in [0.717, 1.165) is 25.4 Å². The molecule has 3 aliphatic carbocycles. The first-order valence-corrected chi connectivity index (χ1v) is 10.6. The highest BCUT2D eigenvalue weighted by Crippen LogP contribution is 2.56. The minimum atomic E-state index is -0.102. The van der Waals surface area contributed by atoms with Gasteiger partial charge in [-0.3, -0.25) is 0 Å². The normalized spacial score (nSPS) is 40.2. The molecular weight excluding hydrogens is 308 g/mol. The van der Waals surface area contributed by atoms with E-state index in [1.54, 1.807) is 22.3 Å². The van der Waals surface area contributed by atoms with Crippen molar-refractivity contribution in [1.82, 2.24) is 0 Å². The molecule has 5 rings (SSSR count). The Balaban J connectivity index is 1.44. The summed E-state index contributed by atoms with van der Waals surface area (Å²) >= 11 is 0. The van der Waals surface area contributed by atoms with Gasteiger partial charge in [0, 0.05) is 12.0 Å². The van der Waals surface area contributed by atoms with Gasteiger partial charge in [-0.2, -0.15) is 0 Å². The summed E-state index contributed by atoms with van der Waals surface area (Å²) in [4.78, 5) is 0. The van der Waals surface area contributed by atoms with Crippen LogP contribution < -0.4 is 0 Å². The molecule has 1 aliphatic heterocycles. The molecule has 0 aromatic heterocycles. The lowest BCUT2D eigenvalue weighted by Crippen LogP contribution is -2.36. The third-order valence-electron chi connectivity index (χ3n) is 8.13. The Morgan fingerprint density at radius 3 is 2.80 bits per heavy atom. The number of aliphatic hydroxyl groups excluding tert-OH is 1. The largest absolute Gasteiger partial charge is 0.393 e. The number of fused-ring (bicyclic) bond motifs is 5. The van der Waals surface area contributed by atoms with E-state index in [2.05, 4.69) is 19.1 Å². The van der Waals surface area contributed by atoms with Crippen LogP contribution in [0.15, 0.2) is 12.1 Å². The number of hydrogen-bond acceptors (Lipinski definition) is 2. The van der Waals surface area contributed by atoms with E-state index >= 15 is 0 Å². The summed E-state index contributed by atoms with van der Waals surface area (Å²) in [5.41, 5.74) is 6.64. The van der Waals surface area contributed by atoms with E-state index < -0.39 is 0 Å². The Morgan fingerprint density at radius 1 is 1.04 bits per heavy atom. The van der Waals surface area contributed by atoms with Gasteiger partial charge < -0.3 is 9.84 Å². The predicted octanol–water partition coefficient (Wildman–Crippen LogP) is 4.55. The van der Waals surface area contributed by atoms with Crippen molar-refractivity contribution >= 4 is 0 Å². The summed E-state index contributed by atoms with van der Waals surface area (Å²) in [7, 11) is 0. The van der Waals surface area contributed by atoms with E-state index in [1.165, 1.54) is 51.4 Å². The zero-order valence-electron chi connectivity index (χ0n) is 15.6. The standard InChI is InChI=1S/C23H32O2/c1-23-12-11-18-17-7-6-16(21-4-2-3-13-25-21)14-15(17)5-8-19(18)20(23)9-10-22(23)24/h5,8,16,20-22,24H,2-4,6-7,9-14H2,1H3/t16-,20?,21?,22-,23?/m1/s1. The van der Waals surface area contributed by atoms with Gasteiger partial charge in [0.25, 0.3) is 0 Å². The molecule has 5 atom stereocenters. The third-order valence-corrected chi connectivity index (χ3v) is 8.13. The van der Waals surface area contributed by atoms with E-state index in [4.69, 9.17) is 4.74 Å². The summed E-state index contributed by atoms with van der Waals surface area (Å²) in [6, 6.07) is 4.86. The summed E-state index contributed by atoms with van der Waals surface area (Å²) in [5, 5.41) is 10.5. The first-order chi connectivity index (χ1) is 12.2. The fraction of sp³-hybridized carbons (Fsp3) is 0.739. The van der Waals surface area contributed by atoms with Crippen LogP contribution in [-0.2, 0) is 24.0 Å². The summed E-state index contributed by atoms with van der Waals surface area (Å²) in [6.45, 7) is 3.30. The van der Waals surface area contributed by atoms with Crippen LogP contribution in [-0.4, -0.2) is 23.9 Å². The molecule has 0 spiro atoms. The topological polar surface area (TPSA) is 29.5 Å². The number of benzene rings is 1. The third kappa shape index (κ3) is 2.51. The molecule has 1 aromatic rings. The number of aliphatic hydroxyl groups is 1. The van der Waals surface area contributed by atoms with Crippen molar-refractivity contribution in [3.05, 3.63) is 34.4 Å². The van der Waals surface area contributed by atoms with Gasteiger partial charge in [0.1, 0.15) is 0 Å². The molecule has 2 fully saturated rings. The minimum absolute atomic E-state index is 0.102. The fourth-order valence-corrected chi connectivity index (χ4v) is 6.52. The van der Waals surface area contributed by atoms with Gasteiger partial charge in [0.05, 0.1) is 12.2 Å².